The van der Waals surface area contributed by atoms with Gasteiger partial charge in [0.15, 0.2) is 0 Å². The number of carbonyl (C=O) groups excluding carboxylic acids is 2. The third kappa shape index (κ3) is 5.67. The van der Waals surface area contributed by atoms with E-state index in [1.165, 1.54) is 6.42 Å². The number of rotatable bonds is 6. The third-order valence-corrected chi connectivity index (χ3v) is 5.18. The Hall–Kier alpha value is -3.15. The lowest BCUT2D eigenvalue weighted by Crippen LogP contribution is -2.24. The highest BCUT2D eigenvalue weighted by atomic mass is 16.5. The van der Waals surface area contributed by atoms with Gasteiger partial charge in [0.2, 0.25) is 5.91 Å². The average molecular weight is 393 g/mol. The molecule has 2 aromatic carbocycles. The fourth-order valence-corrected chi connectivity index (χ4v) is 3.46. The van der Waals surface area contributed by atoms with Crippen LogP contribution in [0.15, 0.2) is 53.6 Å². The van der Waals surface area contributed by atoms with Crippen LogP contribution in [0.2, 0.25) is 0 Å². The number of hydrazone groups is 1. The number of hydrogen-bond donors (Lipinski definition) is 2. The van der Waals surface area contributed by atoms with Crippen molar-refractivity contribution in [3.05, 3.63) is 59.7 Å². The van der Waals surface area contributed by atoms with Crippen LogP contribution in [-0.4, -0.2) is 24.6 Å². The minimum Gasteiger partial charge on any atom is -0.497 e. The zero-order valence-corrected chi connectivity index (χ0v) is 16.9. The van der Waals surface area contributed by atoms with E-state index in [1.54, 1.807) is 31.4 Å². The number of amides is 2. The summed E-state index contributed by atoms with van der Waals surface area (Å²) in [5, 5.41) is 7.22. The molecule has 0 spiro atoms. The van der Waals surface area contributed by atoms with E-state index in [1.807, 2.05) is 31.2 Å². The molecule has 0 aromatic heterocycles. The second-order valence-electron chi connectivity index (χ2n) is 7.28. The molecule has 6 nitrogen and oxygen atoms in total. The summed E-state index contributed by atoms with van der Waals surface area (Å²) in [5.74, 6) is 0.483. The molecule has 0 atom stereocenters. The van der Waals surface area contributed by atoms with Crippen molar-refractivity contribution in [2.45, 2.75) is 39.0 Å². The molecule has 1 fully saturated rings. The van der Waals surface area contributed by atoms with Crippen LogP contribution in [0.25, 0.3) is 0 Å². The summed E-state index contributed by atoms with van der Waals surface area (Å²) in [4.78, 5) is 24.8. The Morgan fingerprint density at radius 2 is 1.72 bits per heavy atom. The van der Waals surface area contributed by atoms with E-state index in [0.717, 1.165) is 36.9 Å². The first kappa shape index (κ1) is 20.6. The Balaban J connectivity index is 1.64. The number of nitrogens with zero attached hydrogens (tertiary/aromatic N) is 1. The van der Waals surface area contributed by atoms with E-state index < -0.39 is 0 Å². The lowest BCUT2D eigenvalue weighted by Gasteiger charge is -2.20. The van der Waals surface area contributed by atoms with Crippen molar-refractivity contribution in [3.63, 3.8) is 0 Å². The van der Waals surface area contributed by atoms with E-state index in [-0.39, 0.29) is 17.7 Å². The van der Waals surface area contributed by atoms with Gasteiger partial charge in [-0.05, 0) is 55.7 Å². The number of nitrogens with one attached hydrogen (secondary N) is 2. The maximum atomic E-state index is 12.5. The van der Waals surface area contributed by atoms with Crippen molar-refractivity contribution in [2.75, 3.05) is 12.4 Å². The molecular weight excluding hydrogens is 366 g/mol. The second-order valence-corrected chi connectivity index (χ2v) is 7.28. The van der Waals surface area contributed by atoms with E-state index in [4.69, 9.17) is 4.74 Å². The molecule has 2 aromatic rings. The summed E-state index contributed by atoms with van der Waals surface area (Å²) in [7, 11) is 1.55. The van der Waals surface area contributed by atoms with E-state index in [2.05, 4.69) is 15.8 Å². The van der Waals surface area contributed by atoms with Crippen LogP contribution in [0.4, 0.5) is 5.69 Å². The predicted octanol–water partition coefficient (Wildman–Crippen LogP) is 4.37. The van der Waals surface area contributed by atoms with Gasteiger partial charge in [-0.2, -0.15) is 5.10 Å². The predicted molar refractivity (Wildman–Crippen MR) is 114 cm³/mol. The maximum absolute atomic E-state index is 12.5. The fourth-order valence-electron chi connectivity index (χ4n) is 3.46. The molecule has 1 aliphatic rings. The zero-order chi connectivity index (χ0) is 20.6. The SMILES string of the molecule is COc1cccc(C(=O)N/N=C(/C)c2cccc(NC(=O)C3CCCCC3)c2)c1. The van der Waals surface area contributed by atoms with Crippen LogP contribution in [0.5, 0.6) is 5.75 Å². The molecule has 29 heavy (non-hydrogen) atoms. The molecule has 1 saturated carbocycles. The van der Waals surface area contributed by atoms with Crippen LogP contribution in [0.3, 0.4) is 0 Å². The van der Waals surface area contributed by atoms with E-state index in [0.29, 0.717) is 17.0 Å². The lowest BCUT2D eigenvalue weighted by molar-refractivity contribution is -0.120. The van der Waals surface area contributed by atoms with Crippen molar-refractivity contribution < 1.29 is 14.3 Å². The quantitative estimate of drug-likeness (QED) is 0.565. The van der Waals surface area contributed by atoms with Crippen LogP contribution in [0, 0.1) is 5.92 Å². The highest BCUT2D eigenvalue weighted by Crippen LogP contribution is 2.25. The largest absolute Gasteiger partial charge is 0.497 e. The van der Waals surface area contributed by atoms with Crippen molar-refractivity contribution in [2.24, 2.45) is 11.0 Å². The van der Waals surface area contributed by atoms with Gasteiger partial charge < -0.3 is 10.1 Å². The Labute approximate surface area is 171 Å². The molecule has 0 bridgehead atoms. The minimum atomic E-state index is -0.315. The summed E-state index contributed by atoms with van der Waals surface area (Å²) in [6, 6.07) is 14.4. The average Bonchev–Trinajstić information content (AvgIpc) is 2.78. The van der Waals surface area contributed by atoms with Gasteiger partial charge in [-0.3, -0.25) is 9.59 Å². The summed E-state index contributed by atoms with van der Waals surface area (Å²) in [6.45, 7) is 1.81. The number of hydrogen-bond acceptors (Lipinski definition) is 4. The first-order valence-electron chi connectivity index (χ1n) is 9.97. The van der Waals surface area contributed by atoms with Crippen LogP contribution < -0.4 is 15.5 Å². The molecule has 0 saturated heterocycles. The molecule has 0 unspecified atom stereocenters. The van der Waals surface area contributed by atoms with Crippen molar-refractivity contribution in [1.29, 1.82) is 0 Å². The van der Waals surface area contributed by atoms with Gasteiger partial charge in [0.25, 0.3) is 5.91 Å². The van der Waals surface area contributed by atoms with E-state index >= 15 is 0 Å². The molecular formula is C23H27N3O3. The molecule has 0 aliphatic heterocycles. The van der Waals surface area contributed by atoms with Gasteiger partial charge in [0, 0.05) is 17.2 Å². The number of benzene rings is 2. The summed E-state index contributed by atoms with van der Waals surface area (Å²) < 4.78 is 5.14. The summed E-state index contributed by atoms with van der Waals surface area (Å²) in [5.41, 5.74) is 5.26. The monoisotopic (exact) mass is 393 g/mol. The van der Waals surface area contributed by atoms with Crippen LogP contribution in [-0.2, 0) is 4.79 Å². The number of ether oxygens (including phenoxy) is 1. The van der Waals surface area contributed by atoms with Crippen LogP contribution in [0.1, 0.15) is 54.9 Å². The number of methoxy groups -OCH3 is 1. The third-order valence-electron chi connectivity index (χ3n) is 5.18. The van der Waals surface area contributed by atoms with Gasteiger partial charge in [-0.15, -0.1) is 0 Å². The highest BCUT2D eigenvalue weighted by molar-refractivity contribution is 6.02. The topological polar surface area (TPSA) is 79.8 Å². The van der Waals surface area contributed by atoms with Crippen LogP contribution >= 0.6 is 0 Å². The van der Waals surface area contributed by atoms with E-state index in [9.17, 15) is 9.59 Å². The first-order valence-corrected chi connectivity index (χ1v) is 9.97. The molecule has 1 aliphatic carbocycles. The minimum absolute atomic E-state index is 0.0859. The van der Waals surface area contributed by atoms with Crippen molar-refractivity contribution in [3.8, 4) is 5.75 Å². The molecule has 152 valence electrons. The van der Waals surface area contributed by atoms with Crippen molar-refractivity contribution in [1.82, 2.24) is 5.43 Å². The Morgan fingerprint density at radius 1 is 1.00 bits per heavy atom. The number of anilines is 1. The fraction of sp³-hybridized carbons (Fsp3) is 0.348. The normalized spacial score (nSPS) is 14.9. The van der Waals surface area contributed by atoms with Gasteiger partial charge in [0.1, 0.15) is 5.75 Å². The Kier molecular flexibility index (Phi) is 7.00. The lowest BCUT2D eigenvalue weighted by atomic mass is 9.88. The Bertz CT molecular complexity index is 902. The molecule has 0 radical (unpaired) electrons. The molecule has 3 rings (SSSR count). The molecule has 0 heterocycles. The maximum Gasteiger partial charge on any atom is 0.271 e. The van der Waals surface area contributed by atoms with Gasteiger partial charge in [-0.1, -0.05) is 37.5 Å². The molecule has 6 heteroatoms. The first-order chi connectivity index (χ1) is 14.1. The summed E-state index contributed by atoms with van der Waals surface area (Å²) in [6.07, 6.45) is 5.38. The number of carbonyl (C=O) groups is 2. The second kappa shape index (κ2) is 9.87. The smallest absolute Gasteiger partial charge is 0.271 e. The van der Waals surface area contributed by atoms with Crippen molar-refractivity contribution >= 4 is 23.2 Å². The highest BCUT2D eigenvalue weighted by Gasteiger charge is 2.21. The zero-order valence-electron chi connectivity index (χ0n) is 16.9. The van der Waals surface area contributed by atoms with Gasteiger partial charge in [-0.25, -0.2) is 5.43 Å². The Morgan fingerprint density at radius 3 is 2.48 bits per heavy atom. The summed E-state index contributed by atoms with van der Waals surface area (Å²) >= 11 is 0. The van der Waals surface area contributed by atoms with Gasteiger partial charge >= 0.3 is 0 Å². The van der Waals surface area contributed by atoms with Gasteiger partial charge in [0.05, 0.1) is 12.8 Å². The molecule has 2 amide bonds. The standard InChI is InChI=1S/C23H27N3O3/c1-16(25-26-23(28)19-11-7-13-21(15-19)29-2)18-10-6-12-20(14-18)24-22(27)17-8-4-3-5-9-17/h6-7,10-15,17H,3-5,8-9H2,1-2H3,(H,24,27)(H,26,28)/b25-16-. The molecule has 2 N–H and O–H groups in total.